The molecule has 0 N–H and O–H groups in total. The topological polar surface area (TPSA) is 51.8 Å². The fraction of sp³-hybridized carbons (Fsp3) is 0.0167. The zero-order valence-corrected chi connectivity index (χ0v) is 35.8. The molecule has 6 heteroatoms. The third kappa shape index (κ3) is 5.78. The predicted molar refractivity (Wildman–Crippen MR) is 268 cm³/mol. The average Bonchev–Trinajstić information content (AvgIpc) is 4.05. The van der Waals surface area contributed by atoms with Crippen molar-refractivity contribution in [3.63, 3.8) is 0 Å². The second-order valence-corrected chi connectivity index (χ2v) is 16.9. The van der Waals surface area contributed by atoms with Gasteiger partial charge in [-0.2, -0.15) is 0 Å². The summed E-state index contributed by atoms with van der Waals surface area (Å²) in [5.41, 5.74) is 16.7. The Morgan fingerprint density at radius 2 is 0.985 bits per heavy atom. The first kappa shape index (κ1) is 37.7. The van der Waals surface area contributed by atoms with Crippen LogP contribution in [0.2, 0.25) is 0 Å². The molecule has 0 saturated carbocycles. The number of fused-ring (bicyclic) bond motifs is 7. The number of benzene rings is 9. The van der Waals surface area contributed by atoms with Gasteiger partial charge in [-0.1, -0.05) is 127 Å². The summed E-state index contributed by atoms with van der Waals surface area (Å²) in [6, 6.07) is 81.7. The van der Waals surface area contributed by atoms with Crippen molar-refractivity contribution in [1.29, 1.82) is 0 Å². The number of aromatic nitrogens is 5. The lowest BCUT2D eigenvalue weighted by atomic mass is 9.67. The molecule has 9 aromatic carbocycles. The van der Waals surface area contributed by atoms with Crippen LogP contribution in [-0.4, -0.2) is 24.1 Å². The molecule has 310 valence electrons. The van der Waals surface area contributed by atoms with E-state index in [0.717, 1.165) is 55.9 Å². The number of para-hydroxylation sites is 2. The van der Waals surface area contributed by atoms with Crippen molar-refractivity contribution in [3.8, 4) is 33.9 Å². The zero-order valence-electron chi connectivity index (χ0n) is 35.8. The molecule has 0 radical (unpaired) electrons. The molecule has 0 amide bonds. The van der Waals surface area contributed by atoms with E-state index in [1.807, 2.05) is 0 Å². The molecule has 1 aliphatic rings. The van der Waals surface area contributed by atoms with E-state index in [1.54, 1.807) is 12.7 Å². The van der Waals surface area contributed by atoms with Crippen LogP contribution in [0.5, 0.6) is 0 Å². The Hall–Kier alpha value is -8.87. The van der Waals surface area contributed by atoms with Gasteiger partial charge in [-0.05, 0) is 130 Å². The van der Waals surface area contributed by atoms with Crippen molar-refractivity contribution in [2.45, 2.75) is 5.41 Å². The van der Waals surface area contributed by atoms with Crippen LogP contribution >= 0.6 is 0 Å². The molecule has 3 aromatic heterocycles. The molecule has 13 rings (SSSR count). The lowest BCUT2D eigenvalue weighted by molar-refractivity contribution is 0.768. The summed E-state index contributed by atoms with van der Waals surface area (Å²) in [4.78, 5) is 15.4. The first-order valence-electron chi connectivity index (χ1n) is 22.3. The van der Waals surface area contributed by atoms with E-state index in [2.05, 4.69) is 260 Å². The Labute approximate surface area is 382 Å². The number of rotatable bonds is 8. The maximum absolute atomic E-state index is 4.47. The molecule has 6 nitrogen and oxygen atoms in total. The maximum Gasteiger partial charge on any atom is 0.162 e. The number of nitrogens with zero attached hydrogens (tertiary/aromatic N) is 6. The summed E-state index contributed by atoms with van der Waals surface area (Å²) in [5, 5.41) is 3.53. The van der Waals surface area contributed by atoms with Crippen LogP contribution in [0.3, 0.4) is 0 Å². The molecule has 0 aliphatic heterocycles. The van der Waals surface area contributed by atoms with Crippen LogP contribution in [0.15, 0.2) is 243 Å². The first-order valence-corrected chi connectivity index (χ1v) is 22.3. The minimum Gasteiger partial charge on any atom is -0.317 e. The minimum atomic E-state index is -0.551. The molecule has 66 heavy (non-hydrogen) atoms. The van der Waals surface area contributed by atoms with Gasteiger partial charge in [-0.15, -0.1) is 0 Å². The van der Waals surface area contributed by atoms with Crippen molar-refractivity contribution < 1.29 is 0 Å². The highest BCUT2D eigenvalue weighted by atomic mass is 15.1. The highest BCUT2D eigenvalue weighted by Crippen LogP contribution is 2.57. The number of hydrogen-bond acceptors (Lipinski definition) is 4. The van der Waals surface area contributed by atoms with Crippen molar-refractivity contribution >= 4 is 49.8 Å². The van der Waals surface area contributed by atoms with E-state index < -0.39 is 5.41 Å². The SMILES string of the molecule is c1ccc(-n2ccc3cc4c(cc32)c2cc(N(c3ccc(-c5ncncn5)cc3)c3ccc5c(c3)C(c3ccccc3)(c3ccccc3)c3ccccc3-5)ccc2n4-c2ccccc2)cc1. The minimum absolute atomic E-state index is 0.551. The summed E-state index contributed by atoms with van der Waals surface area (Å²) >= 11 is 0. The smallest absolute Gasteiger partial charge is 0.162 e. The molecular formula is C60H40N6. The van der Waals surface area contributed by atoms with Gasteiger partial charge in [0.1, 0.15) is 12.7 Å². The second kappa shape index (κ2) is 15.1. The van der Waals surface area contributed by atoms with Crippen molar-refractivity contribution in [2.75, 3.05) is 4.90 Å². The zero-order chi connectivity index (χ0) is 43.6. The van der Waals surface area contributed by atoms with Crippen LogP contribution in [0.25, 0.3) is 66.6 Å². The van der Waals surface area contributed by atoms with Gasteiger partial charge < -0.3 is 14.0 Å². The van der Waals surface area contributed by atoms with Gasteiger partial charge in [-0.3, -0.25) is 0 Å². The van der Waals surface area contributed by atoms with Crippen LogP contribution < -0.4 is 4.90 Å². The van der Waals surface area contributed by atoms with E-state index in [0.29, 0.717) is 5.82 Å². The Balaban J connectivity index is 1.07. The molecule has 12 aromatic rings. The van der Waals surface area contributed by atoms with Crippen molar-refractivity contribution in [1.82, 2.24) is 24.1 Å². The van der Waals surface area contributed by atoms with E-state index in [-0.39, 0.29) is 0 Å². The molecule has 0 atom stereocenters. The fourth-order valence-electron chi connectivity index (χ4n) is 10.6. The third-order valence-corrected chi connectivity index (χ3v) is 13.4. The predicted octanol–water partition coefficient (Wildman–Crippen LogP) is 14.4. The summed E-state index contributed by atoms with van der Waals surface area (Å²) < 4.78 is 4.70. The Morgan fingerprint density at radius 3 is 1.70 bits per heavy atom. The molecule has 3 heterocycles. The molecule has 0 fully saturated rings. The number of anilines is 3. The molecule has 0 saturated heterocycles. The molecule has 1 aliphatic carbocycles. The van der Waals surface area contributed by atoms with E-state index in [1.165, 1.54) is 44.2 Å². The second-order valence-electron chi connectivity index (χ2n) is 16.9. The van der Waals surface area contributed by atoms with Gasteiger partial charge in [0, 0.05) is 56.4 Å². The van der Waals surface area contributed by atoms with Crippen molar-refractivity contribution in [2.24, 2.45) is 0 Å². The number of hydrogen-bond donors (Lipinski definition) is 0. The fourth-order valence-corrected chi connectivity index (χ4v) is 10.6. The van der Waals surface area contributed by atoms with Gasteiger partial charge >= 0.3 is 0 Å². The van der Waals surface area contributed by atoms with Gasteiger partial charge in [-0.25, -0.2) is 15.0 Å². The summed E-state index contributed by atoms with van der Waals surface area (Å²) in [6.45, 7) is 0. The van der Waals surface area contributed by atoms with Crippen LogP contribution in [-0.2, 0) is 5.41 Å². The summed E-state index contributed by atoms with van der Waals surface area (Å²) in [6.07, 6.45) is 5.27. The lowest BCUT2D eigenvalue weighted by Gasteiger charge is -2.35. The Bertz CT molecular complexity index is 3690. The average molecular weight is 845 g/mol. The maximum atomic E-state index is 4.47. The van der Waals surface area contributed by atoms with E-state index in [9.17, 15) is 0 Å². The standard InChI is InChI=1S/C60H40N6/c1-5-15-43(16-6-1)60(44-17-7-2-8-18-44)54-24-14-13-23-50(54)51-31-29-49(37-55(51)60)65(47-27-25-41(26-28-47)59-62-39-61-40-63-59)48-30-32-56-52(36-48)53-38-57-42(33-34-64(57)45-19-9-3-10-20-45)35-58(53)66(56)46-21-11-4-12-22-46/h1-40H. The van der Waals surface area contributed by atoms with Crippen molar-refractivity contribution in [3.05, 3.63) is 266 Å². The first-order chi connectivity index (χ1) is 32.7. The highest BCUT2D eigenvalue weighted by Gasteiger charge is 2.46. The quantitative estimate of drug-likeness (QED) is 0.153. The Kier molecular flexibility index (Phi) is 8.64. The molecule has 0 unspecified atom stereocenters. The van der Waals surface area contributed by atoms with Gasteiger partial charge in [0.2, 0.25) is 0 Å². The normalized spacial score (nSPS) is 12.7. The van der Waals surface area contributed by atoms with Gasteiger partial charge in [0.05, 0.1) is 22.0 Å². The monoisotopic (exact) mass is 844 g/mol. The molecule has 0 spiro atoms. The highest BCUT2D eigenvalue weighted by molar-refractivity contribution is 6.14. The van der Waals surface area contributed by atoms with E-state index in [4.69, 9.17) is 0 Å². The van der Waals surface area contributed by atoms with Crippen LogP contribution in [0.4, 0.5) is 17.1 Å². The third-order valence-electron chi connectivity index (χ3n) is 13.4. The van der Waals surface area contributed by atoms with Gasteiger partial charge in [0.25, 0.3) is 0 Å². The molecular weight excluding hydrogens is 805 g/mol. The molecule has 0 bridgehead atoms. The van der Waals surface area contributed by atoms with Crippen LogP contribution in [0.1, 0.15) is 22.3 Å². The summed E-state index contributed by atoms with van der Waals surface area (Å²) in [5.74, 6) is 0.635. The summed E-state index contributed by atoms with van der Waals surface area (Å²) in [7, 11) is 0. The van der Waals surface area contributed by atoms with Gasteiger partial charge in [0.15, 0.2) is 5.82 Å². The van der Waals surface area contributed by atoms with Crippen LogP contribution in [0, 0.1) is 0 Å². The largest absolute Gasteiger partial charge is 0.317 e. The van der Waals surface area contributed by atoms with E-state index >= 15 is 0 Å². The lowest BCUT2D eigenvalue weighted by Crippen LogP contribution is -2.28. The Morgan fingerprint density at radius 1 is 0.409 bits per heavy atom.